The van der Waals surface area contributed by atoms with E-state index in [1.807, 2.05) is 0 Å². The summed E-state index contributed by atoms with van der Waals surface area (Å²) in [5.41, 5.74) is 3.00. The van der Waals surface area contributed by atoms with Crippen molar-refractivity contribution in [3.8, 4) is 69.0 Å². The highest BCUT2D eigenvalue weighted by atomic mass is 16.3. The van der Waals surface area contributed by atoms with E-state index in [4.69, 9.17) is 0 Å². The molecule has 0 amide bonds. The first kappa shape index (κ1) is 48.8. The van der Waals surface area contributed by atoms with Gasteiger partial charge < -0.3 is 61.3 Å². The van der Waals surface area contributed by atoms with E-state index in [0.717, 1.165) is 99.3 Å². The van der Waals surface area contributed by atoms with E-state index in [2.05, 4.69) is 27.7 Å². The van der Waals surface area contributed by atoms with Crippen LogP contribution in [0.25, 0.3) is 0 Å². The highest BCUT2D eigenvalue weighted by molar-refractivity contribution is 5.53. The van der Waals surface area contributed by atoms with Gasteiger partial charge in [0.15, 0.2) is 69.0 Å². The normalized spacial score (nSPS) is 13.3. The third-order valence-corrected chi connectivity index (χ3v) is 11.5. The second-order valence-electron chi connectivity index (χ2n) is 16.4. The molecule has 0 aliphatic heterocycles. The lowest BCUT2D eigenvalue weighted by atomic mass is 9.77. The summed E-state index contributed by atoms with van der Waals surface area (Å²) in [5, 5.41) is 118. The summed E-state index contributed by atoms with van der Waals surface area (Å²) in [5.74, 6) is -3.76. The van der Waals surface area contributed by atoms with Gasteiger partial charge in [0.1, 0.15) is 0 Å². The number of benzene rings is 4. The van der Waals surface area contributed by atoms with Crippen molar-refractivity contribution in [3.63, 3.8) is 0 Å². The van der Waals surface area contributed by atoms with Gasteiger partial charge in [-0.15, -0.1) is 0 Å². The van der Waals surface area contributed by atoms with E-state index in [1.54, 1.807) is 0 Å². The molecule has 4 aromatic rings. The van der Waals surface area contributed by atoms with E-state index in [0.29, 0.717) is 25.7 Å². The summed E-state index contributed by atoms with van der Waals surface area (Å²) >= 11 is 0. The molecule has 4 rings (SSSR count). The van der Waals surface area contributed by atoms with E-state index in [1.165, 1.54) is 48.5 Å². The van der Waals surface area contributed by atoms with Gasteiger partial charge in [-0.3, -0.25) is 0 Å². The van der Waals surface area contributed by atoms with Crippen LogP contribution in [0, 0.1) is 23.7 Å². The molecular formula is C48H68O12. The third kappa shape index (κ3) is 14.3. The fourth-order valence-corrected chi connectivity index (χ4v) is 8.40. The van der Waals surface area contributed by atoms with Gasteiger partial charge in [-0.05, 0) is 133 Å². The Balaban J connectivity index is 0.000000320. The lowest BCUT2D eigenvalue weighted by Crippen LogP contribution is -2.20. The van der Waals surface area contributed by atoms with Crippen LogP contribution in [-0.2, 0) is 25.7 Å². The number of hydrogen-bond acceptors (Lipinski definition) is 12. The van der Waals surface area contributed by atoms with Crippen LogP contribution < -0.4 is 0 Å². The summed E-state index contributed by atoms with van der Waals surface area (Å²) in [6.45, 7) is 8.52. The van der Waals surface area contributed by atoms with Crippen molar-refractivity contribution in [2.75, 3.05) is 0 Å². The Bertz CT molecular complexity index is 1710. The van der Waals surface area contributed by atoms with E-state index in [9.17, 15) is 61.3 Å². The Hall–Kier alpha value is -5.52. The number of phenols is 12. The van der Waals surface area contributed by atoms with Crippen molar-refractivity contribution in [3.05, 3.63) is 70.8 Å². The Labute approximate surface area is 354 Å². The highest BCUT2D eigenvalue weighted by Gasteiger charge is 2.25. The van der Waals surface area contributed by atoms with Gasteiger partial charge in [0, 0.05) is 0 Å². The van der Waals surface area contributed by atoms with Gasteiger partial charge >= 0.3 is 0 Å². The average molecular weight is 837 g/mol. The Kier molecular flexibility index (Phi) is 19.5. The molecule has 12 nitrogen and oxygen atoms in total. The Morgan fingerprint density at radius 1 is 0.283 bits per heavy atom. The van der Waals surface area contributed by atoms with Crippen LogP contribution in [0.2, 0.25) is 0 Å². The van der Waals surface area contributed by atoms with Crippen LogP contribution in [0.3, 0.4) is 0 Å². The van der Waals surface area contributed by atoms with Crippen LogP contribution in [0.15, 0.2) is 48.5 Å². The molecule has 0 radical (unpaired) electrons. The van der Waals surface area contributed by atoms with Gasteiger partial charge in [-0.2, -0.15) is 0 Å². The lowest BCUT2D eigenvalue weighted by molar-refractivity contribution is 0.278. The van der Waals surface area contributed by atoms with Crippen molar-refractivity contribution < 1.29 is 61.3 Å². The largest absolute Gasteiger partial charge is 0.504 e. The number of hydrogen-bond donors (Lipinski definition) is 12. The molecule has 0 saturated heterocycles. The maximum atomic E-state index is 9.88. The molecule has 0 unspecified atom stereocenters. The van der Waals surface area contributed by atoms with Crippen LogP contribution in [0.1, 0.15) is 127 Å². The maximum absolute atomic E-state index is 9.88. The predicted molar refractivity (Wildman–Crippen MR) is 233 cm³/mol. The zero-order valence-electron chi connectivity index (χ0n) is 35.6. The standard InChI is InChI=1S/2C24H34O6/c2*1-3-5-6-8-18(10-16-13-21(27)24(30)22(28)14-16)17(7-4-2)9-15-11-19(25)23(29)20(26)12-15/h2*11-14,17-18,25-30H,3-10H2,1-2H3/t2*17-,18-/m10/s1. The SMILES string of the molecule is CCCCC[C@@H](Cc1cc(O)c(O)c(O)c1)[C@@H](CCC)Cc1cc(O)c(O)c(O)c1.CCCCC[C@H](Cc1cc(O)c(O)c(O)c1)[C@H](CCC)Cc1cc(O)c(O)c(O)c1. The first-order valence-electron chi connectivity index (χ1n) is 21.5. The minimum atomic E-state index is -0.514. The number of aromatic hydroxyl groups is 12. The molecule has 0 fully saturated rings. The molecule has 12 N–H and O–H groups in total. The van der Waals surface area contributed by atoms with Gasteiger partial charge in [-0.1, -0.05) is 91.9 Å². The van der Waals surface area contributed by atoms with Gasteiger partial charge in [-0.25, -0.2) is 0 Å². The van der Waals surface area contributed by atoms with E-state index in [-0.39, 0.29) is 69.7 Å². The Morgan fingerprint density at radius 3 is 0.667 bits per heavy atom. The summed E-state index contributed by atoms with van der Waals surface area (Å²) in [6, 6.07) is 11.9. The van der Waals surface area contributed by atoms with Crippen molar-refractivity contribution in [2.24, 2.45) is 23.7 Å². The van der Waals surface area contributed by atoms with Gasteiger partial charge in [0.2, 0.25) is 0 Å². The quantitative estimate of drug-likeness (QED) is 0.0261. The minimum Gasteiger partial charge on any atom is -0.504 e. The summed E-state index contributed by atoms with van der Waals surface area (Å²) < 4.78 is 0. The fraction of sp³-hybridized carbons (Fsp3) is 0.500. The number of unbranched alkanes of at least 4 members (excludes halogenated alkanes) is 4. The highest BCUT2D eigenvalue weighted by Crippen LogP contribution is 2.42. The Morgan fingerprint density at radius 2 is 0.483 bits per heavy atom. The second-order valence-corrected chi connectivity index (χ2v) is 16.4. The smallest absolute Gasteiger partial charge is 0.200 e. The maximum Gasteiger partial charge on any atom is 0.200 e. The molecule has 0 saturated carbocycles. The molecule has 0 aliphatic rings. The summed E-state index contributed by atoms with van der Waals surface area (Å²) in [4.78, 5) is 0. The van der Waals surface area contributed by atoms with Crippen molar-refractivity contribution in [1.29, 1.82) is 0 Å². The first-order chi connectivity index (χ1) is 28.5. The van der Waals surface area contributed by atoms with Gasteiger partial charge in [0.25, 0.3) is 0 Å². The van der Waals surface area contributed by atoms with Crippen molar-refractivity contribution in [2.45, 2.75) is 130 Å². The molecule has 60 heavy (non-hydrogen) atoms. The molecule has 12 heteroatoms. The summed E-state index contributed by atoms with van der Waals surface area (Å²) in [7, 11) is 0. The number of rotatable bonds is 22. The van der Waals surface area contributed by atoms with Crippen LogP contribution >= 0.6 is 0 Å². The average Bonchev–Trinajstić information content (AvgIpc) is 3.19. The van der Waals surface area contributed by atoms with Crippen LogP contribution in [0.4, 0.5) is 0 Å². The van der Waals surface area contributed by atoms with Crippen LogP contribution in [0.5, 0.6) is 69.0 Å². The lowest BCUT2D eigenvalue weighted by Gasteiger charge is -2.28. The monoisotopic (exact) mass is 836 g/mol. The second kappa shape index (κ2) is 23.9. The molecule has 0 bridgehead atoms. The zero-order chi connectivity index (χ0) is 44.5. The molecule has 4 atom stereocenters. The minimum absolute atomic E-state index is 0.244. The molecular weight excluding hydrogens is 769 g/mol. The molecule has 4 aromatic carbocycles. The van der Waals surface area contributed by atoms with Crippen LogP contribution in [-0.4, -0.2) is 61.3 Å². The zero-order valence-corrected chi connectivity index (χ0v) is 35.6. The van der Waals surface area contributed by atoms with Crippen molar-refractivity contribution in [1.82, 2.24) is 0 Å². The van der Waals surface area contributed by atoms with E-state index >= 15 is 0 Å². The van der Waals surface area contributed by atoms with Gasteiger partial charge in [0.05, 0.1) is 0 Å². The summed E-state index contributed by atoms with van der Waals surface area (Å²) in [6.07, 6.45) is 14.8. The van der Waals surface area contributed by atoms with Crippen molar-refractivity contribution >= 4 is 0 Å². The molecule has 0 aliphatic carbocycles. The first-order valence-corrected chi connectivity index (χ1v) is 21.5. The molecule has 0 spiro atoms. The predicted octanol–water partition coefficient (Wildman–Crippen LogP) is 10.6. The number of phenolic OH excluding ortho intramolecular Hbond substituents is 12. The fourth-order valence-electron chi connectivity index (χ4n) is 8.40. The molecule has 332 valence electrons. The molecule has 0 heterocycles. The molecule has 0 aromatic heterocycles. The third-order valence-electron chi connectivity index (χ3n) is 11.5. The topological polar surface area (TPSA) is 243 Å². The van der Waals surface area contributed by atoms with E-state index < -0.39 is 23.0 Å².